The molecule has 0 aromatic heterocycles. The lowest BCUT2D eigenvalue weighted by atomic mass is 9.99. The summed E-state index contributed by atoms with van der Waals surface area (Å²) in [4.78, 5) is 11.2. The van der Waals surface area contributed by atoms with Crippen LogP contribution in [0.5, 0.6) is 5.75 Å². The summed E-state index contributed by atoms with van der Waals surface area (Å²) in [7, 11) is 1.15. The van der Waals surface area contributed by atoms with Gasteiger partial charge in [0.05, 0.1) is 7.11 Å². The number of aliphatic hydroxyl groups excluding tert-OH is 3. The lowest BCUT2D eigenvalue weighted by Gasteiger charge is -2.40. The van der Waals surface area contributed by atoms with Gasteiger partial charge in [-0.15, -0.1) is 0 Å². The molecule has 0 saturated carbocycles. The number of para-hydroxylation sites is 1. The fourth-order valence-electron chi connectivity index (χ4n) is 3.36. The van der Waals surface area contributed by atoms with Gasteiger partial charge in [-0.3, -0.25) is 0 Å². The van der Waals surface area contributed by atoms with E-state index in [0.29, 0.717) is 12.2 Å². The Balaban J connectivity index is 1.73. The molecule has 0 radical (unpaired) electrons. The second-order valence-corrected chi connectivity index (χ2v) is 7.35. The van der Waals surface area contributed by atoms with Gasteiger partial charge in [0, 0.05) is 6.42 Å². The van der Waals surface area contributed by atoms with E-state index in [1.54, 1.807) is 12.1 Å². The lowest BCUT2D eigenvalue weighted by Crippen LogP contribution is -2.60. The van der Waals surface area contributed by atoms with E-state index in [2.05, 4.69) is 35.9 Å². The van der Waals surface area contributed by atoms with Crippen molar-refractivity contribution in [2.24, 2.45) is 0 Å². The minimum Gasteiger partial charge on any atom is -0.462 e. The van der Waals surface area contributed by atoms with Crippen molar-refractivity contribution < 1.29 is 39.1 Å². The number of hydrogen-bond donors (Lipinski definition) is 3. The van der Waals surface area contributed by atoms with Crippen molar-refractivity contribution in [2.45, 2.75) is 50.5 Å². The van der Waals surface area contributed by atoms with Crippen molar-refractivity contribution in [3.63, 3.8) is 0 Å². The molecule has 1 aliphatic rings. The largest absolute Gasteiger partial charge is 0.508 e. The first-order chi connectivity index (χ1) is 14.9. The molecule has 1 saturated heterocycles. The van der Waals surface area contributed by atoms with Crippen molar-refractivity contribution in [1.82, 2.24) is 0 Å². The molecule has 3 N–H and O–H groups in total. The average Bonchev–Trinajstić information content (AvgIpc) is 2.80. The van der Waals surface area contributed by atoms with Crippen LogP contribution in [0.4, 0.5) is 4.79 Å². The van der Waals surface area contributed by atoms with Crippen LogP contribution in [-0.2, 0) is 27.1 Å². The number of ether oxygens (including phenoxy) is 4. The molecule has 1 heterocycles. The van der Waals surface area contributed by atoms with Crippen LogP contribution in [0.25, 0.3) is 0 Å². The molecule has 0 unspecified atom stereocenters. The fraction of sp³-hybridized carbons (Fsp3) is 0.435. The Morgan fingerprint density at radius 1 is 0.968 bits per heavy atom. The summed E-state index contributed by atoms with van der Waals surface area (Å²) >= 11 is 0. The van der Waals surface area contributed by atoms with Crippen LogP contribution >= 0.6 is 0 Å². The molecular formula is C23H28O8. The molecule has 3 rings (SSSR count). The van der Waals surface area contributed by atoms with E-state index < -0.39 is 36.9 Å². The van der Waals surface area contributed by atoms with Gasteiger partial charge >= 0.3 is 6.16 Å². The molecule has 31 heavy (non-hydrogen) atoms. The maximum Gasteiger partial charge on any atom is 0.508 e. The van der Waals surface area contributed by atoms with Crippen LogP contribution in [0.2, 0.25) is 0 Å². The predicted molar refractivity (Wildman–Crippen MR) is 111 cm³/mol. The molecule has 1 aliphatic heterocycles. The van der Waals surface area contributed by atoms with E-state index >= 15 is 0 Å². The molecule has 0 bridgehead atoms. The Bertz CT molecular complexity index is 853. The zero-order valence-electron chi connectivity index (χ0n) is 17.5. The molecule has 1 fully saturated rings. The average molecular weight is 432 g/mol. The van der Waals surface area contributed by atoms with Gasteiger partial charge in [0.1, 0.15) is 36.8 Å². The zero-order valence-corrected chi connectivity index (χ0v) is 17.5. The number of carbonyl (C=O) groups is 1. The minimum absolute atomic E-state index is 0.372. The molecule has 2 aromatic rings. The molecule has 0 aliphatic carbocycles. The fourth-order valence-corrected chi connectivity index (χ4v) is 3.36. The quantitative estimate of drug-likeness (QED) is 0.568. The molecule has 168 valence electrons. The number of methoxy groups -OCH3 is 1. The summed E-state index contributed by atoms with van der Waals surface area (Å²) < 4.78 is 20.7. The Morgan fingerprint density at radius 3 is 2.32 bits per heavy atom. The molecule has 2 aromatic carbocycles. The first-order valence-corrected chi connectivity index (χ1v) is 10.2. The van der Waals surface area contributed by atoms with Gasteiger partial charge in [0.15, 0.2) is 0 Å². The van der Waals surface area contributed by atoms with Crippen LogP contribution in [0, 0.1) is 0 Å². The number of carbonyl (C=O) groups excluding carboxylic acids is 1. The maximum absolute atomic E-state index is 11.2. The van der Waals surface area contributed by atoms with Crippen LogP contribution in [0.1, 0.15) is 23.6 Å². The molecule has 0 amide bonds. The highest BCUT2D eigenvalue weighted by molar-refractivity contribution is 5.59. The molecular weight excluding hydrogens is 404 g/mol. The van der Waals surface area contributed by atoms with E-state index in [0.717, 1.165) is 24.7 Å². The number of hydrogen-bond acceptors (Lipinski definition) is 8. The minimum atomic E-state index is -1.54. The van der Waals surface area contributed by atoms with E-state index in [9.17, 15) is 20.1 Å². The SMILES string of the molecule is CCc1ccc(Cc2ccccc2O[C@H]2O[C@H](COC(=O)OC)[C@@H](O)[C@H](O)[C@H]2O)cc1. The predicted octanol–water partition coefficient (Wildman–Crippen LogP) is 1.81. The van der Waals surface area contributed by atoms with E-state index in [1.165, 1.54) is 5.56 Å². The molecule has 8 nitrogen and oxygen atoms in total. The first-order valence-electron chi connectivity index (χ1n) is 10.2. The molecule has 8 heteroatoms. The van der Waals surface area contributed by atoms with Gasteiger partial charge in [-0.2, -0.15) is 0 Å². The van der Waals surface area contributed by atoms with Gasteiger partial charge in [-0.25, -0.2) is 4.79 Å². The number of aryl methyl sites for hydroxylation is 1. The van der Waals surface area contributed by atoms with Crippen LogP contribution in [0.3, 0.4) is 0 Å². The Kier molecular flexibility index (Phi) is 7.86. The summed E-state index contributed by atoms with van der Waals surface area (Å²) in [6, 6.07) is 15.6. The highest BCUT2D eigenvalue weighted by Gasteiger charge is 2.45. The topological polar surface area (TPSA) is 115 Å². The molecule has 0 spiro atoms. The third kappa shape index (κ3) is 5.74. The standard InChI is InChI=1S/C23H28O8/c1-3-14-8-10-15(11-9-14)12-16-6-4-5-7-17(16)30-22-21(26)20(25)19(24)18(31-22)13-29-23(27)28-2/h4-11,18-22,24-26H,3,12-13H2,1-2H3/t18-,19-,20+,21-,22+/m1/s1. The van der Waals surface area contributed by atoms with Gasteiger partial charge < -0.3 is 34.3 Å². The molecule has 5 atom stereocenters. The summed E-state index contributed by atoms with van der Waals surface area (Å²) in [5.41, 5.74) is 3.21. The van der Waals surface area contributed by atoms with E-state index in [4.69, 9.17) is 14.2 Å². The first kappa shape index (κ1) is 23.0. The van der Waals surface area contributed by atoms with Crippen LogP contribution in [-0.4, -0.2) is 65.9 Å². The lowest BCUT2D eigenvalue weighted by molar-refractivity contribution is -0.277. The van der Waals surface area contributed by atoms with Gasteiger partial charge in [-0.05, 0) is 29.2 Å². The highest BCUT2D eigenvalue weighted by Crippen LogP contribution is 2.28. The normalized spacial score (nSPS) is 25.6. The van der Waals surface area contributed by atoms with Gasteiger partial charge in [0.2, 0.25) is 6.29 Å². The summed E-state index contributed by atoms with van der Waals surface area (Å²) in [5.74, 6) is 0.474. The highest BCUT2D eigenvalue weighted by atomic mass is 16.7. The second kappa shape index (κ2) is 10.6. The number of aliphatic hydroxyl groups is 3. The van der Waals surface area contributed by atoms with Crippen molar-refractivity contribution in [2.75, 3.05) is 13.7 Å². The van der Waals surface area contributed by atoms with Crippen molar-refractivity contribution in [3.8, 4) is 5.75 Å². The smallest absolute Gasteiger partial charge is 0.462 e. The van der Waals surface area contributed by atoms with E-state index in [1.807, 2.05) is 12.1 Å². The van der Waals surface area contributed by atoms with Gasteiger partial charge in [-0.1, -0.05) is 49.4 Å². The Labute approximate surface area is 180 Å². The van der Waals surface area contributed by atoms with Crippen molar-refractivity contribution in [3.05, 3.63) is 65.2 Å². The Morgan fingerprint density at radius 2 is 1.65 bits per heavy atom. The monoisotopic (exact) mass is 432 g/mol. The zero-order chi connectivity index (χ0) is 22.4. The van der Waals surface area contributed by atoms with Gasteiger partial charge in [0.25, 0.3) is 0 Å². The van der Waals surface area contributed by atoms with Crippen LogP contribution in [0.15, 0.2) is 48.5 Å². The maximum atomic E-state index is 11.2. The van der Waals surface area contributed by atoms with Crippen LogP contribution < -0.4 is 4.74 Å². The third-order valence-electron chi connectivity index (χ3n) is 5.24. The Hall–Kier alpha value is -2.65. The number of benzene rings is 2. The third-order valence-corrected chi connectivity index (χ3v) is 5.24. The second-order valence-electron chi connectivity index (χ2n) is 7.35. The summed E-state index contributed by atoms with van der Waals surface area (Å²) in [6.07, 6.45) is -6.26. The van der Waals surface area contributed by atoms with Crippen molar-refractivity contribution in [1.29, 1.82) is 0 Å². The summed E-state index contributed by atoms with van der Waals surface area (Å²) in [6.45, 7) is 1.73. The summed E-state index contributed by atoms with van der Waals surface area (Å²) in [5, 5.41) is 30.7. The number of rotatable bonds is 7. The van der Waals surface area contributed by atoms with Crippen molar-refractivity contribution >= 4 is 6.16 Å². The van der Waals surface area contributed by atoms with E-state index in [-0.39, 0.29) is 6.61 Å².